The van der Waals surface area contributed by atoms with Crippen LogP contribution < -0.4 is 5.32 Å². The lowest BCUT2D eigenvalue weighted by Gasteiger charge is -2.17. The van der Waals surface area contributed by atoms with E-state index in [9.17, 15) is 9.59 Å². The van der Waals surface area contributed by atoms with Gasteiger partial charge < -0.3 is 10.1 Å². The van der Waals surface area contributed by atoms with Crippen LogP contribution in [-0.4, -0.2) is 34.8 Å². The summed E-state index contributed by atoms with van der Waals surface area (Å²) in [5.74, 6) is -0.469. The number of hydrogen-bond donors (Lipinski definition) is 1. The van der Waals surface area contributed by atoms with Gasteiger partial charge in [0.25, 0.3) is 5.91 Å². The fourth-order valence-corrected chi connectivity index (χ4v) is 1.61. The highest BCUT2D eigenvalue weighted by Gasteiger charge is 2.23. The maximum absolute atomic E-state index is 11.9. The van der Waals surface area contributed by atoms with Gasteiger partial charge >= 0.3 is 5.97 Å². The first-order chi connectivity index (χ1) is 8.43. The number of ether oxygens (including phenoxy) is 1. The lowest BCUT2D eigenvalue weighted by Crippen LogP contribution is -2.42. The summed E-state index contributed by atoms with van der Waals surface area (Å²) < 4.78 is 6.21. The number of aryl methyl sites for hydroxylation is 1. The van der Waals surface area contributed by atoms with Gasteiger partial charge in [-0.05, 0) is 12.3 Å². The average Bonchev–Trinajstić information content (AvgIpc) is 2.73. The molecule has 6 heteroatoms. The molecule has 1 heterocycles. The van der Waals surface area contributed by atoms with Crippen molar-refractivity contribution in [2.75, 3.05) is 7.11 Å². The maximum atomic E-state index is 11.9. The molecular formula is C12H19N3O3. The van der Waals surface area contributed by atoms with Gasteiger partial charge in [0.15, 0.2) is 0 Å². The van der Waals surface area contributed by atoms with Crippen molar-refractivity contribution in [1.82, 2.24) is 15.1 Å². The zero-order chi connectivity index (χ0) is 13.7. The van der Waals surface area contributed by atoms with Crippen molar-refractivity contribution in [1.29, 1.82) is 0 Å². The number of hydrogen-bond acceptors (Lipinski definition) is 4. The number of amides is 1. The van der Waals surface area contributed by atoms with Crippen LogP contribution in [0.25, 0.3) is 0 Å². The first-order valence-corrected chi connectivity index (χ1v) is 5.81. The summed E-state index contributed by atoms with van der Waals surface area (Å²) >= 11 is 0. The molecule has 1 N–H and O–H groups in total. The van der Waals surface area contributed by atoms with E-state index < -0.39 is 12.0 Å². The summed E-state index contributed by atoms with van der Waals surface area (Å²) in [4.78, 5) is 23.5. The first kappa shape index (κ1) is 14.2. The summed E-state index contributed by atoms with van der Waals surface area (Å²) in [6.45, 7) is 3.96. The molecule has 1 aromatic rings. The zero-order valence-corrected chi connectivity index (χ0v) is 11.1. The standard InChI is InChI=1S/C12H19N3O3/c1-8(2)5-10(12(17)18-4)14-11(16)9-6-13-15(3)7-9/h6-8,10H,5H2,1-4H3,(H,14,16). The number of esters is 1. The third kappa shape index (κ3) is 3.87. The van der Waals surface area contributed by atoms with E-state index in [0.29, 0.717) is 12.0 Å². The highest BCUT2D eigenvalue weighted by molar-refractivity contribution is 5.96. The molecule has 0 bridgehead atoms. The van der Waals surface area contributed by atoms with Gasteiger partial charge in [-0.3, -0.25) is 9.48 Å². The van der Waals surface area contributed by atoms with Gasteiger partial charge in [0.2, 0.25) is 0 Å². The van der Waals surface area contributed by atoms with Crippen molar-refractivity contribution < 1.29 is 14.3 Å². The van der Waals surface area contributed by atoms with Crippen LogP contribution in [0.4, 0.5) is 0 Å². The molecule has 0 fully saturated rings. The number of nitrogens with one attached hydrogen (secondary N) is 1. The Hall–Kier alpha value is -1.85. The van der Waals surface area contributed by atoms with Crippen molar-refractivity contribution in [2.45, 2.75) is 26.3 Å². The van der Waals surface area contributed by atoms with Crippen molar-refractivity contribution in [3.63, 3.8) is 0 Å². The molecule has 1 unspecified atom stereocenters. The predicted octanol–water partition coefficient (Wildman–Crippen LogP) is 0.738. The second-order valence-corrected chi connectivity index (χ2v) is 4.58. The van der Waals surface area contributed by atoms with Crippen LogP contribution in [0.1, 0.15) is 30.6 Å². The molecule has 0 aromatic carbocycles. The van der Waals surface area contributed by atoms with Crippen molar-refractivity contribution in [2.24, 2.45) is 13.0 Å². The molecule has 100 valence electrons. The predicted molar refractivity (Wildman–Crippen MR) is 65.9 cm³/mol. The first-order valence-electron chi connectivity index (χ1n) is 5.81. The Bertz CT molecular complexity index is 426. The van der Waals surface area contributed by atoms with Gasteiger partial charge in [-0.1, -0.05) is 13.8 Å². The van der Waals surface area contributed by atoms with Gasteiger partial charge in [-0.15, -0.1) is 0 Å². The van der Waals surface area contributed by atoms with Crippen LogP contribution in [0.15, 0.2) is 12.4 Å². The van der Waals surface area contributed by atoms with Gasteiger partial charge in [0.1, 0.15) is 6.04 Å². The number of carbonyl (C=O) groups is 2. The number of rotatable bonds is 5. The van der Waals surface area contributed by atoms with E-state index in [1.807, 2.05) is 13.8 Å². The Labute approximate surface area is 106 Å². The molecular weight excluding hydrogens is 234 g/mol. The molecule has 0 saturated carbocycles. The number of carbonyl (C=O) groups excluding carboxylic acids is 2. The van der Waals surface area contributed by atoms with E-state index in [1.54, 1.807) is 13.2 Å². The van der Waals surface area contributed by atoms with Crippen molar-refractivity contribution in [3.05, 3.63) is 18.0 Å². The molecule has 1 rings (SSSR count). The second-order valence-electron chi connectivity index (χ2n) is 4.58. The second kappa shape index (κ2) is 6.18. The van der Waals surface area contributed by atoms with E-state index in [2.05, 4.69) is 15.2 Å². The summed E-state index contributed by atoms with van der Waals surface area (Å²) in [5.41, 5.74) is 0.426. The van der Waals surface area contributed by atoms with Gasteiger partial charge in [-0.25, -0.2) is 4.79 Å². The van der Waals surface area contributed by atoms with Gasteiger partial charge in [0.05, 0.1) is 18.9 Å². The molecule has 18 heavy (non-hydrogen) atoms. The number of methoxy groups -OCH3 is 1. The van der Waals surface area contributed by atoms with Crippen LogP contribution in [-0.2, 0) is 16.6 Å². The molecule has 1 amide bonds. The summed E-state index contributed by atoms with van der Waals surface area (Å²) in [6.07, 6.45) is 3.59. The normalized spacial score (nSPS) is 12.3. The Morgan fingerprint density at radius 1 is 1.50 bits per heavy atom. The van der Waals surface area contributed by atoms with E-state index in [-0.39, 0.29) is 11.8 Å². The third-order valence-corrected chi connectivity index (χ3v) is 2.47. The molecule has 0 saturated heterocycles. The molecule has 0 radical (unpaired) electrons. The molecule has 1 atom stereocenters. The van der Waals surface area contributed by atoms with Crippen LogP contribution in [0.2, 0.25) is 0 Å². The quantitative estimate of drug-likeness (QED) is 0.785. The summed E-state index contributed by atoms with van der Waals surface area (Å²) in [6, 6.07) is -0.622. The zero-order valence-electron chi connectivity index (χ0n) is 11.1. The van der Waals surface area contributed by atoms with E-state index in [1.165, 1.54) is 18.0 Å². The largest absolute Gasteiger partial charge is 0.467 e. The molecule has 0 aliphatic rings. The van der Waals surface area contributed by atoms with Crippen LogP contribution >= 0.6 is 0 Å². The lowest BCUT2D eigenvalue weighted by molar-refractivity contribution is -0.143. The highest BCUT2D eigenvalue weighted by Crippen LogP contribution is 2.07. The van der Waals surface area contributed by atoms with Crippen LogP contribution in [0.3, 0.4) is 0 Å². The van der Waals surface area contributed by atoms with E-state index >= 15 is 0 Å². The molecule has 0 aliphatic heterocycles. The Balaban J connectivity index is 2.71. The Morgan fingerprint density at radius 3 is 2.61 bits per heavy atom. The van der Waals surface area contributed by atoms with Crippen molar-refractivity contribution in [3.8, 4) is 0 Å². The minimum Gasteiger partial charge on any atom is -0.467 e. The van der Waals surface area contributed by atoms with Crippen molar-refractivity contribution >= 4 is 11.9 Å². The SMILES string of the molecule is COC(=O)C(CC(C)C)NC(=O)c1cnn(C)c1. The smallest absolute Gasteiger partial charge is 0.328 e. The fourth-order valence-electron chi connectivity index (χ4n) is 1.61. The number of nitrogens with zero attached hydrogens (tertiary/aromatic N) is 2. The Morgan fingerprint density at radius 2 is 2.17 bits per heavy atom. The van der Waals surface area contributed by atoms with E-state index in [4.69, 9.17) is 0 Å². The topological polar surface area (TPSA) is 73.2 Å². The van der Waals surface area contributed by atoms with E-state index in [0.717, 1.165) is 0 Å². The minimum absolute atomic E-state index is 0.281. The van der Waals surface area contributed by atoms with Gasteiger partial charge in [0, 0.05) is 13.2 Å². The molecule has 1 aromatic heterocycles. The average molecular weight is 253 g/mol. The van der Waals surface area contributed by atoms with Gasteiger partial charge in [-0.2, -0.15) is 5.10 Å². The summed E-state index contributed by atoms with van der Waals surface area (Å²) in [7, 11) is 3.04. The third-order valence-electron chi connectivity index (χ3n) is 2.47. The monoisotopic (exact) mass is 253 g/mol. The Kier molecular flexibility index (Phi) is 4.88. The molecule has 6 nitrogen and oxygen atoms in total. The summed E-state index contributed by atoms with van der Waals surface area (Å²) in [5, 5.41) is 6.57. The minimum atomic E-state index is -0.622. The van der Waals surface area contributed by atoms with Crippen LogP contribution in [0, 0.1) is 5.92 Å². The molecule has 0 spiro atoms. The maximum Gasteiger partial charge on any atom is 0.328 e. The lowest BCUT2D eigenvalue weighted by atomic mass is 10.0. The molecule has 0 aliphatic carbocycles. The van der Waals surface area contributed by atoms with Crippen LogP contribution in [0.5, 0.6) is 0 Å². The highest BCUT2D eigenvalue weighted by atomic mass is 16.5. The number of aromatic nitrogens is 2. The fraction of sp³-hybridized carbons (Fsp3) is 0.583.